The maximum Gasteiger partial charge on any atom is 0.326 e. The highest BCUT2D eigenvalue weighted by molar-refractivity contribution is 6.04. The van der Waals surface area contributed by atoms with Gasteiger partial charge in [-0.25, -0.2) is 9.78 Å². The van der Waals surface area contributed by atoms with Crippen LogP contribution in [0.25, 0.3) is 0 Å². The van der Waals surface area contributed by atoms with Gasteiger partial charge in [-0.05, 0) is 30.2 Å². The van der Waals surface area contributed by atoms with E-state index in [2.05, 4.69) is 28.7 Å². The van der Waals surface area contributed by atoms with Gasteiger partial charge < -0.3 is 10.2 Å². The Labute approximate surface area is 142 Å². The van der Waals surface area contributed by atoms with Crippen molar-refractivity contribution >= 4 is 23.2 Å². The molecule has 5 nitrogen and oxygen atoms in total. The van der Waals surface area contributed by atoms with Crippen molar-refractivity contribution in [2.75, 3.05) is 34.8 Å². The predicted molar refractivity (Wildman–Crippen MR) is 98.8 cm³/mol. The number of carbonyl (C=O) groups excluding carboxylic acids is 1. The van der Waals surface area contributed by atoms with Crippen molar-refractivity contribution in [1.29, 1.82) is 0 Å². The first-order chi connectivity index (χ1) is 11.7. The van der Waals surface area contributed by atoms with Gasteiger partial charge in [-0.15, -0.1) is 6.58 Å². The van der Waals surface area contributed by atoms with Crippen LogP contribution in [0, 0.1) is 0 Å². The summed E-state index contributed by atoms with van der Waals surface area (Å²) in [4.78, 5) is 21.1. The van der Waals surface area contributed by atoms with Crippen LogP contribution in [0.5, 0.6) is 0 Å². The molecule has 3 rings (SSSR count). The van der Waals surface area contributed by atoms with E-state index in [9.17, 15) is 4.79 Å². The van der Waals surface area contributed by atoms with Gasteiger partial charge in [0, 0.05) is 31.5 Å². The van der Waals surface area contributed by atoms with Gasteiger partial charge in [0.25, 0.3) is 0 Å². The molecule has 1 aliphatic heterocycles. The lowest BCUT2D eigenvalue weighted by Crippen LogP contribution is -2.46. The van der Waals surface area contributed by atoms with Gasteiger partial charge in [-0.3, -0.25) is 4.90 Å². The van der Waals surface area contributed by atoms with Crippen molar-refractivity contribution < 1.29 is 4.79 Å². The second kappa shape index (κ2) is 7.17. The number of anilines is 3. The largest absolute Gasteiger partial charge is 0.349 e. The Morgan fingerprint density at radius 1 is 1.29 bits per heavy atom. The first-order valence-corrected chi connectivity index (χ1v) is 8.22. The normalized spacial score (nSPS) is 13.4. The van der Waals surface area contributed by atoms with Crippen LogP contribution in [0.15, 0.2) is 55.3 Å². The zero-order valence-corrected chi connectivity index (χ0v) is 13.9. The van der Waals surface area contributed by atoms with Crippen molar-refractivity contribution in [2.45, 2.75) is 13.3 Å². The molecule has 124 valence electrons. The fourth-order valence-corrected chi connectivity index (χ4v) is 2.97. The minimum Gasteiger partial charge on any atom is -0.349 e. The van der Waals surface area contributed by atoms with E-state index in [-0.39, 0.29) is 6.03 Å². The summed E-state index contributed by atoms with van der Waals surface area (Å²) >= 11 is 0. The fraction of sp³-hybridized carbons (Fsp3) is 0.263. The van der Waals surface area contributed by atoms with Gasteiger partial charge >= 0.3 is 6.03 Å². The molecular formula is C19H22N4O. The molecule has 0 saturated carbocycles. The molecule has 1 aromatic heterocycles. The lowest BCUT2D eigenvalue weighted by molar-refractivity contribution is 0.256. The fourth-order valence-electron chi connectivity index (χ4n) is 2.97. The minimum absolute atomic E-state index is 0.122. The quantitative estimate of drug-likeness (QED) is 0.873. The summed E-state index contributed by atoms with van der Waals surface area (Å²) in [6, 6.07) is 11.6. The Hall–Kier alpha value is -2.82. The van der Waals surface area contributed by atoms with Crippen LogP contribution in [-0.2, 0) is 6.42 Å². The molecule has 1 aromatic carbocycles. The molecule has 24 heavy (non-hydrogen) atoms. The van der Waals surface area contributed by atoms with Crippen molar-refractivity contribution in [3.63, 3.8) is 0 Å². The molecule has 2 aromatic rings. The van der Waals surface area contributed by atoms with E-state index in [0.29, 0.717) is 6.54 Å². The summed E-state index contributed by atoms with van der Waals surface area (Å²) in [6.07, 6.45) is 4.48. The number of hydrogen-bond donors (Lipinski definition) is 1. The van der Waals surface area contributed by atoms with Crippen molar-refractivity contribution in [2.24, 2.45) is 0 Å². The standard InChI is InChI=1S/C19H22N4O/c1-3-12-22-13-14-23(17-10-7-11-20-18(17)22)19(24)21-16-9-6-5-8-15(16)4-2/h3,5-11H,1,4,12-14H2,2H3,(H,21,24). The number of pyridine rings is 1. The van der Waals surface area contributed by atoms with Gasteiger partial charge in [-0.2, -0.15) is 0 Å². The van der Waals surface area contributed by atoms with Crippen LogP contribution in [0.2, 0.25) is 0 Å². The van der Waals surface area contributed by atoms with Crippen LogP contribution >= 0.6 is 0 Å². The Bertz CT molecular complexity index is 744. The molecule has 0 unspecified atom stereocenters. The molecule has 0 bridgehead atoms. The third-order valence-corrected chi connectivity index (χ3v) is 4.18. The zero-order chi connectivity index (χ0) is 16.9. The van der Waals surface area contributed by atoms with Crippen LogP contribution < -0.4 is 15.1 Å². The van der Waals surface area contributed by atoms with Crippen molar-refractivity contribution in [3.8, 4) is 0 Å². The average Bonchev–Trinajstić information content (AvgIpc) is 2.62. The summed E-state index contributed by atoms with van der Waals surface area (Å²) in [7, 11) is 0. The second-order valence-electron chi connectivity index (χ2n) is 5.67. The van der Waals surface area contributed by atoms with Gasteiger partial charge in [-0.1, -0.05) is 31.2 Å². The number of carbonyl (C=O) groups is 1. The Morgan fingerprint density at radius 2 is 2.12 bits per heavy atom. The Balaban J connectivity index is 1.85. The van der Waals surface area contributed by atoms with Crippen LogP contribution in [-0.4, -0.2) is 30.6 Å². The number of para-hydroxylation sites is 1. The van der Waals surface area contributed by atoms with Gasteiger partial charge in [0.05, 0.1) is 5.69 Å². The van der Waals surface area contributed by atoms with E-state index in [4.69, 9.17) is 0 Å². The molecule has 2 amide bonds. The Morgan fingerprint density at radius 3 is 2.92 bits per heavy atom. The average molecular weight is 322 g/mol. The number of benzene rings is 1. The van der Waals surface area contributed by atoms with E-state index in [0.717, 1.165) is 42.3 Å². The highest BCUT2D eigenvalue weighted by atomic mass is 16.2. The van der Waals surface area contributed by atoms with E-state index in [1.165, 1.54) is 0 Å². The number of amides is 2. The van der Waals surface area contributed by atoms with Crippen LogP contribution in [0.1, 0.15) is 12.5 Å². The monoisotopic (exact) mass is 322 g/mol. The second-order valence-corrected chi connectivity index (χ2v) is 5.67. The molecule has 1 aliphatic rings. The van der Waals surface area contributed by atoms with Crippen LogP contribution in [0.3, 0.4) is 0 Å². The molecule has 0 atom stereocenters. The number of nitrogens with zero attached hydrogens (tertiary/aromatic N) is 3. The van der Waals surface area contributed by atoms with Crippen molar-refractivity contribution in [3.05, 3.63) is 60.8 Å². The number of aromatic nitrogens is 1. The predicted octanol–water partition coefficient (Wildman–Crippen LogP) is 3.69. The highest BCUT2D eigenvalue weighted by Gasteiger charge is 2.27. The first-order valence-electron chi connectivity index (χ1n) is 8.22. The molecule has 0 radical (unpaired) electrons. The zero-order valence-electron chi connectivity index (χ0n) is 13.9. The van der Waals surface area contributed by atoms with Gasteiger partial charge in [0.1, 0.15) is 0 Å². The van der Waals surface area contributed by atoms with E-state index in [1.807, 2.05) is 42.5 Å². The van der Waals surface area contributed by atoms with E-state index < -0.39 is 0 Å². The molecule has 0 aliphatic carbocycles. The van der Waals surface area contributed by atoms with Gasteiger partial charge in [0.2, 0.25) is 0 Å². The number of fused-ring (bicyclic) bond motifs is 1. The molecule has 5 heteroatoms. The first kappa shape index (κ1) is 16.1. The number of nitrogens with one attached hydrogen (secondary N) is 1. The lowest BCUT2D eigenvalue weighted by atomic mass is 10.1. The smallest absolute Gasteiger partial charge is 0.326 e. The van der Waals surface area contributed by atoms with Crippen molar-refractivity contribution in [1.82, 2.24) is 4.98 Å². The molecule has 0 saturated heterocycles. The molecular weight excluding hydrogens is 300 g/mol. The number of urea groups is 1. The minimum atomic E-state index is -0.122. The molecule has 0 spiro atoms. The summed E-state index contributed by atoms with van der Waals surface area (Å²) in [5.74, 6) is 0.822. The summed E-state index contributed by atoms with van der Waals surface area (Å²) in [5.41, 5.74) is 2.82. The van der Waals surface area contributed by atoms with Crippen LogP contribution in [0.4, 0.5) is 22.0 Å². The maximum atomic E-state index is 12.8. The summed E-state index contributed by atoms with van der Waals surface area (Å²) < 4.78 is 0. The summed E-state index contributed by atoms with van der Waals surface area (Å²) in [5, 5.41) is 3.04. The molecule has 0 fully saturated rings. The lowest BCUT2D eigenvalue weighted by Gasteiger charge is -2.36. The third kappa shape index (κ3) is 3.11. The third-order valence-electron chi connectivity index (χ3n) is 4.18. The van der Waals surface area contributed by atoms with E-state index in [1.54, 1.807) is 11.1 Å². The number of aryl methyl sites for hydroxylation is 1. The Kier molecular flexibility index (Phi) is 4.79. The highest BCUT2D eigenvalue weighted by Crippen LogP contribution is 2.31. The SMILES string of the molecule is C=CCN1CCN(C(=O)Nc2ccccc2CC)c2cccnc21. The molecule has 1 N–H and O–H groups in total. The number of hydrogen-bond acceptors (Lipinski definition) is 3. The summed E-state index contributed by atoms with van der Waals surface area (Å²) in [6.45, 7) is 7.95. The van der Waals surface area contributed by atoms with Gasteiger partial charge in [0.15, 0.2) is 5.82 Å². The van der Waals surface area contributed by atoms with E-state index >= 15 is 0 Å². The topological polar surface area (TPSA) is 48.5 Å². The number of rotatable bonds is 4. The molecule has 2 heterocycles. The maximum absolute atomic E-state index is 12.8.